The molecule has 0 aromatic rings. The number of phosphoric ester groups is 1. The predicted octanol–water partition coefficient (Wildman–Crippen LogP) is -0.396. The first-order valence-corrected chi connectivity index (χ1v) is 10.0. The van der Waals surface area contributed by atoms with Gasteiger partial charge in [-0.1, -0.05) is 0 Å². The Labute approximate surface area is 118 Å². The van der Waals surface area contributed by atoms with Crippen LogP contribution in [0.25, 0.3) is 0 Å². The molecule has 0 amide bonds. The highest BCUT2D eigenvalue weighted by atomic mass is 31.3. The summed E-state index contributed by atoms with van der Waals surface area (Å²) in [6.07, 6.45) is -3.46. The molecule has 1 fully saturated rings. The molecule has 1 saturated carbocycles. The molecule has 0 spiro atoms. The summed E-state index contributed by atoms with van der Waals surface area (Å²) in [5.74, 6) is 0. The fourth-order valence-corrected chi connectivity index (χ4v) is 4.93. The van der Waals surface area contributed by atoms with Crippen molar-refractivity contribution < 1.29 is 56.6 Å². The smallest absolute Gasteiger partial charge is 0.390 e. The Morgan fingerprint density at radius 1 is 0.857 bits per heavy atom. The third kappa shape index (κ3) is 6.96. The zero-order valence-corrected chi connectivity index (χ0v) is 13.0. The number of phosphoric acid groups is 3. The predicted molar refractivity (Wildman–Crippen MR) is 64.6 cm³/mol. The highest BCUT2D eigenvalue weighted by Gasteiger charge is 2.44. The second kappa shape index (κ2) is 6.84. The molecule has 1 aliphatic carbocycles. The lowest BCUT2D eigenvalue weighted by molar-refractivity contribution is -0.0810. The zero-order valence-electron chi connectivity index (χ0n) is 10.3. The standard InChI is InChI=1S/C6H15O12P3/c7-4-2-1-3-5(6(4)8)16-20(12,13)18-21(14,15)17-19(9,10)11/h4-8H,1-3H2,(H,12,13)(H,14,15)(H2,9,10,11). The van der Waals surface area contributed by atoms with E-state index in [0.717, 1.165) is 0 Å². The highest BCUT2D eigenvalue weighted by Crippen LogP contribution is 2.66. The maximum absolute atomic E-state index is 11.5. The van der Waals surface area contributed by atoms with Gasteiger partial charge in [0.1, 0.15) is 6.10 Å². The van der Waals surface area contributed by atoms with Gasteiger partial charge < -0.3 is 29.8 Å². The molecule has 12 nitrogen and oxygen atoms in total. The van der Waals surface area contributed by atoms with Crippen molar-refractivity contribution in [3.05, 3.63) is 0 Å². The van der Waals surface area contributed by atoms with Crippen molar-refractivity contribution in [1.82, 2.24) is 0 Å². The van der Waals surface area contributed by atoms with Crippen LogP contribution >= 0.6 is 23.5 Å². The topological polar surface area (TPSA) is 200 Å². The van der Waals surface area contributed by atoms with Gasteiger partial charge in [-0.25, -0.2) is 13.7 Å². The van der Waals surface area contributed by atoms with Crippen LogP contribution in [0.3, 0.4) is 0 Å². The first kappa shape index (κ1) is 19.4. The molecule has 1 rings (SSSR count). The van der Waals surface area contributed by atoms with Gasteiger partial charge in [-0.05, 0) is 19.3 Å². The van der Waals surface area contributed by atoms with Crippen LogP contribution in [0.4, 0.5) is 0 Å². The third-order valence-electron chi connectivity index (χ3n) is 2.45. The van der Waals surface area contributed by atoms with E-state index >= 15 is 0 Å². The van der Waals surface area contributed by atoms with Gasteiger partial charge in [-0.15, -0.1) is 0 Å². The van der Waals surface area contributed by atoms with Crippen LogP contribution in [0, 0.1) is 0 Å². The van der Waals surface area contributed by atoms with Gasteiger partial charge in [-0.3, -0.25) is 4.52 Å². The minimum absolute atomic E-state index is 0.0568. The van der Waals surface area contributed by atoms with Crippen LogP contribution in [-0.2, 0) is 26.8 Å². The van der Waals surface area contributed by atoms with E-state index in [1.165, 1.54) is 0 Å². The number of hydrogen-bond acceptors (Lipinski definition) is 8. The summed E-state index contributed by atoms with van der Waals surface area (Å²) in [5.41, 5.74) is 0. The van der Waals surface area contributed by atoms with Gasteiger partial charge in [0.25, 0.3) is 0 Å². The Morgan fingerprint density at radius 3 is 1.95 bits per heavy atom. The average Bonchev–Trinajstić information content (AvgIpc) is 2.18. The molecule has 15 heteroatoms. The van der Waals surface area contributed by atoms with Gasteiger partial charge in [0.15, 0.2) is 0 Å². The average molecular weight is 372 g/mol. The van der Waals surface area contributed by atoms with E-state index in [2.05, 4.69) is 13.1 Å². The number of rotatable bonds is 6. The molecule has 0 aromatic heterocycles. The van der Waals surface area contributed by atoms with Crippen LogP contribution in [-0.4, -0.2) is 48.1 Å². The maximum Gasteiger partial charge on any atom is 0.490 e. The number of aliphatic hydroxyl groups excluding tert-OH is 2. The van der Waals surface area contributed by atoms with E-state index in [0.29, 0.717) is 6.42 Å². The molecule has 126 valence electrons. The molecule has 0 aliphatic heterocycles. The molecule has 21 heavy (non-hydrogen) atoms. The van der Waals surface area contributed by atoms with E-state index < -0.39 is 41.8 Å². The summed E-state index contributed by atoms with van der Waals surface area (Å²) in [4.78, 5) is 34.9. The normalized spacial score (nSPS) is 33.1. The minimum atomic E-state index is -5.58. The molecular formula is C6H15O12P3. The monoisotopic (exact) mass is 372 g/mol. The van der Waals surface area contributed by atoms with Gasteiger partial charge in [0.2, 0.25) is 0 Å². The van der Waals surface area contributed by atoms with Crippen LogP contribution < -0.4 is 0 Å². The zero-order chi connectivity index (χ0) is 16.5. The van der Waals surface area contributed by atoms with Crippen molar-refractivity contribution in [2.24, 2.45) is 0 Å². The second-order valence-corrected chi connectivity index (χ2v) is 8.60. The van der Waals surface area contributed by atoms with Gasteiger partial charge in [0.05, 0.1) is 12.2 Å². The van der Waals surface area contributed by atoms with Crippen molar-refractivity contribution in [3.8, 4) is 0 Å². The van der Waals surface area contributed by atoms with E-state index in [9.17, 15) is 28.8 Å². The molecule has 0 saturated heterocycles. The summed E-state index contributed by atoms with van der Waals surface area (Å²) in [5, 5.41) is 18.9. The lowest BCUT2D eigenvalue weighted by Gasteiger charge is -2.32. The molecule has 1 aliphatic rings. The number of hydrogen-bond donors (Lipinski definition) is 6. The maximum atomic E-state index is 11.5. The Hall–Kier alpha value is 0.330. The van der Waals surface area contributed by atoms with Crippen molar-refractivity contribution in [2.45, 2.75) is 37.6 Å². The van der Waals surface area contributed by atoms with Gasteiger partial charge in [0, 0.05) is 0 Å². The molecule has 6 N–H and O–H groups in total. The van der Waals surface area contributed by atoms with E-state index in [1.54, 1.807) is 0 Å². The van der Waals surface area contributed by atoms with Crippen molar-refractivity contribution in [2.75, 3.05) is 0 Å². The van der Waals surface area contributed by atoms with E-state index in [4.69, 9.17) is 14.7 Å². The molecule has 0 radical (unpaired) electrons. The fraction of sp³-hybridized carbons (Fsp3) is 1.00. The lowest BCUT2D eigenvalue weighted by Crippen LogP contribution is -2.42. The second-order valence-electron chi connectivity index (χ2n) is 4.22. The summed E-state index contributed by atoms with van der Waals surface area (Å²) in [7, 11) is -16.3. The molecule has 0 heterocycles. The van der Waals surface area contributed by atoms with Gasteiger partial charge in [-0.2, -0.15) is 8.62 Å². The molecule has 0 aromatic carbocycles. The summed E-state index contributed by atoms with van der Waals surface area (Å²) >= 11 is 0. The Bertz CT molecular complexity index is 499. The van der Waals surface area contributed by atoms with E-state index in [-0.39, 0.29) is 12.8 Å². The van der Waals surface area contributed by atoms with Gasteiger partial charge >= 0.3 is 23.5 Å². The van der Waals surface area contributed by atoms with Crippen molar-refractivity contribution in [3.63, 3.8) is 0 Å². The Morgan fingerprint density at radius 2 is 1.43 bits per heavy atom. The largest absolute Gasteiger partial charge is 0.490 e. The lowest BCUT2D eigenvalue weighted by atomic mass is 9.92. The molecule has 0 bridgehead atoms. The number of aliphatic hydroxyl groups is 2. The molecule has 5 atom stereocenters. The first-order chi connectivity index (χ1) is 9.31. The third-order valence-corrected chi connectivity index (χ3v) is 6.31. The van der Waals surface area contributed by atoms with Crippen LogP contribution in [0.15, 0.2) is 0 Å². The Balaban J connectivity index is 2.71. The first-order valence-electron chi connectivity index (χ1n) is 5.50. The van der Waals surface area contributed by atoms with Crippen molar-refractivity contribution >= 4 is 23.5 Å². The van der Waals surface area contributed by atoms with Crippen LogP contribution in [0.5, 0.6) is 0 Å². The summed E-state index contributed by atoms with van der Waals surface area (Å²) < 4.78 is 44.4. The van der Waals surface area contributed by atoms with E-state index in [1.807, 2.05) is 0 Å². The Kier molecular flexibility index (Phi) is 6.31. The summed E-state index contributed by atoms with van der Waals surface area (Å²) in [6, 6.07) is 0. The molecular weight excluding hydrogens is 357 g/mol. The van der Waals surface area contributed by atoms with Crippen LogP contribution in [0.2, 0.25) is 0 Å². The van der Waals surface area contributed by atoms with Crippen LogP contribution in [0.1, 0.15) is 19.3 Å². The molecule has 5 unspecified atom stereocenters. The quantitative estimate of drug-likeness (QED) is 0.330. The SMILES string of the molecule is O=P(O)(O)OP(=O)(O)OP(=O)(O)OC1CCCC(O)C1O. The minimum Gasteiger partial charge on any atom is -0.390 e. The van der Waals surface area contributed by atoms with Crippen molar-refractivity contribution in [1.29, 1.82) is 0 Å². The fourth-order valence-electron chi connectivity index (χ4n) is 1.70. The highest BCUT2D eigenvalue weighted by molar-refractivity contribution is 7.66. The summed E-state index contributed by atoms with van der Waals surface area (Å²) in [6.45, 7) is 0.